The minimum Gasteiger partial charge on any atom is -0.366 e. The van der Waals surface area contributed by atoms with Crippen molar-refractivity contribution in [2.75, 3.05) is 32.8 Å². The molecule has 0 aliphatic carbocycles. The summed E-state index contributed by atoms with van der Waals surface area (Å²) in [6.07, 6.45) is 0.501. The lowest BCUT2D eigenvalue weighted by molar-refractivity contribution is -0.148. The number of para-hydroxylation sites is 1. The van der Waals surface area contributed by atoms with Gasteiger partial charge in [-0.3, -0.25) is 14.5 Å². The van der Waals surface area contributed by atoms with Crippen LogP contribution in [0.2, 0.25) is 0 Å². The first kappa shape index (κ1) is 20.8. The summed E-state index contributed by atoms with van der Waals surface area (Å²) < 4.78 is 5.85. The maximum atomic E-state index is 13.2. The van der Waals surface area contributed by atoms with Gasteiger partial charge in [-0.25, -0.2) is 4.98 Å². The highest BCUT2D eigenvalue weighted by Crippen LogP contribution is 2.30. The number of H-pyrrole nitrogens is 1. The second-order valence-electron chi connectivity index (χ2n) is 8.75. The predicted octanol–water partition coefficient (Wildman–Crippen LogP) is 2.45. The molecule has 2 aliphatic heterocycles. The molecule has 2 fully saturated rings. The van der Waals surface area contributed by atoms with E-state index in [0.29, 0.717) is 48.9 Å². The molecular weight excluding hydrogens is 404 g/mol. The summed E-state index contributed by atoms with van der Waals surface area (Å²) in [6, 6.07) is 15.8. The van der Waals surface area contributed by atoms with Crippen LogP contribution in [0.1, 0.15) is 29.3 Å². The van der Waals surface area contributed by atoms with E-state index in [1.165, 1.54) is 11.1 Å². The van der Waals surface area contributed by atoms with E-state index in [9.17, 15) is 9.59 Å². The number of aryl methyl sites for hydroxylation is 1. The van der Waals surface area contributed by atoms with Crippen LogP contribution >= 0.6 is 0 Å². The molecule has 0 saturated carbocycles. The van der Waals surface area contributed by atoms with Crippen LogP contribution in [0.3, 0.4) is 0 Å². The minimum atomic E-state index is -0.480. The van der Waals surface area contributed by atoms with Crippen LogP contribution in [-0.4, -0.2) is 64.6 Å². The Hall–Kier alpha value is -3.03. The quantitative estimate of drug-likeness (QED) is 0.685. The van der Waals surface area contributed by atoms with Crippen molar-refractivity contribution in [1.82, 2.24) is 19.8 Å². The maximum absolute atomic E-state index is 13.2. The lowest BCUT2D eigenvalue weighted by Crippen LogP contribution is -2.50. The summed E-state index contributed by atoms with van der Waals surface area (Å²) in [5.74, 6) is 1.06. The van der Waals surface area contributed by atoms with Crippen molar-refractivity contribution >= 4 is 16.8 Å². The number of aromatic nitrogens is 2. The fraction of sp³-hybridized carbons (Fsp3) is 0.400. The highest BCUT2D eigenvalue weighted by atomic mass is 16.5. The second-order valence-corrected chi connectivity index (χ2v) is 8.75. The number of hydrogen-bond acceptors (Lipinski definition) is 5. The van der Waals surface area contributed by atoms with E-state index < -0.39 is 6.10 Å². The van der Waals surface area contributed by atoms with Gasteiger partial charge in [0.1, 0.15) is 11.9 Å². The number of hydrogen-bond donors (Lipinski definition) is 1. The molecule has 1 aromatic heterocycles. The van der Waals surface area contributed by atoms with Crippen molar-refractivity contribution < 1.29 is 9.53 Å². The Kier molecular flexibility index (Phi) is 5.76. The molecule has 0 bridgehead atoms. The molecule has 7 heteroatoms. The van der Waals surface area contributed by atoms with Gasteiger partial charge < -0.3 is 14.6 Å². The fourth-order valence-corrected chi connectivity index (χ4v) is 4.88. The first-order valence-electron chi connectivity index (χ1n) is 11.2. The number of ether oxygens (including phenoxy) is 1. The fourth-order valence-electron chi connectivity index (χ4n) is 4.88. The monoisotopic (exact) mass is 432 g/mol. The zero-order valence-electron chi connectivity index (χ0n) is 18.3. The molecule has 2 aliphatic rings. The van der Waals surface area contributed by atoms with E-state index in [-0.39, 0.29) is 11.5 Å². The molecule has 166 valence electrons. The molecule has 2 unspecified atom stereocenters. The van der Waals surface area contributed by atoms with Gasteiger partial charge in [0, 0.05) is 32.1 Å². The number of nitrogens with one attached hydrogen (secondary N) is 1. The number of morpholine rings is 1. The normalized spacial score (nSPS) is 21.8. The van der Waals surface area contributed by atoms with E-state index in [2.05, 4.69) is 46.1 Å². The van der Waals surface area contributed by atoms with Gasteiger partial charge in [-0.15, -0.1) is 0 Å². The molecule has 0 spiro atoms. The predicted molar refractivity (Wildman–Crippen MR) is 122 cm³/mol. The standard InChI is InChI=1S/C25H28N4O3/c1-17-6-2-3-7-19(17)18-10-11-29(14-18)25(31)22-15-28(12-13-32-22)16-23-26-21-9-5-4-8-20(21)24(30)27-23/h2-9,18,22H,10-16H2,1H3,(H,26,27,30). The lowest BCUT2D eigenvalue weighted by Gasteiger charge is -2.33. The molecule has 5 rings (SSSR count). The molecule has 32 heavy (non-hydrogen) atoms. The Morgan fingerprint density at radius 2 is 1.94 bits per heavy atom. The molecule has 1 N–H and O–H groups in total. The summed E-state index contributed by atoms with van der Waals surface area (Å²) >= 11 is 0. The van der Waals surface area contributed by atoms with E-state index in [0.717, 1.165) is 19.5 Å². The lowest BCUT2D eigenvalue weighted by atomic mass is 9.94. The van der Waals surface area contributed by atoms with E-state index in [1.807, 2.05) is 23.1 Å². The van der Waals surface area contributed by atoms with Gasteiger partial charge >= 0.3 is 0 Å². The zero-order chi connectivity index (χ0) is 22.1. The van der Waals surface area contributed by atoms with Crippen LogP contribution < -0.4 is 5.56 Å². The largest absolute Gasteiger partial charge is 0.366 e. The summed E-state index contributed by atoms with van der Waals surface area (Å²) in [7, 11) is 0. The topological polar surface area (TPSA) is 78.5 Å². The van der Waals surface area contributed by atoms with Crippen molar-refractivity contribution in [2.24, 2.45) is 0 Å². The molecule has 0 radical (unpaired) electrons. The summed E-state index contributed by atoms with van der Waals surface area (Å²) in [6.45, 7) is 5.81. The average Bonchev–Trinajstić information content (AvgIpc) is 3.29. The first-order valence-corrected chi connectivity index (χ1v) is 11.2. The van der Waals surface area contributed by atoms with Crippen LogP contribution in [-0.2, 0) is 16.1 Å². The number of rotatable bonds is 4. The van der Waals surface area contributed by atoms with Gasteiger partial charge in [-0.2, -0.15) is 0 Å². The van der Waals surface area contributed by atoms with Gasteiger partial charge in [-0.05, 0) is 36.6 Å². The van der Waals surface area contributed by atoms with E-state index in [4.69, 9.17) is 4.74 Å². The van der Waals surface area contributed by atoms with Gasteiger partial charge in [-0.1, -0.05) is 36.4 Å². The van der Waals surface area contributed by atoms with Crippen molar-refractivity contribution in [3.8, 4) is 0 Å². The molecule has 2 aromatic carbocycles. The Labute approximate surface area is 187 Å². The van der Waals surface area contributed by atoms with E-state index in [1.54, 1.807) is 6.07 Å². The van der Waals surface area contributed by atoms with E-state index >= 15 is 0 Å². The van der Waals surface area contributed by atoms with Gasteiger partial charge in [0.25, 0.3) is 11.5 Å². The number of nitrogens with zero attached hydrogens (tertiary/aromatic N) is 3. The SMILES string of the molecule is Cc1ccccc1C1CCN(C(=O)C2CN(Cc3nc4ccccc4c(=O)[nH]3)CCO2)C1. The van der Waals surface area contributed by atoms with Crippen LogP contribution in [0.25, 0.3) is 10.9 Å². The number of fused-ring (bicyclic) bond motifs is 1. The van der Waals surface area contributed by atoms with Gasteiger partial charge in [0.15, 0.2) is 0 Å². The molecule has 1 amide bonds. The number of likely N-dealkylation sites (tertiary alicyclic amines) is 1. The van der Waals surface area contributed by atoms with Crippen LogP contribution in [0.4, 0.5) is 0 Å². The number of benzene rings is 2. The van der Waals surface area contributed by atoms with Crippen molar-refractivity contribution in [2.45, 2.75) is 31.9 Å². The number of aromatic amines is 1. The van der Waals surface area contributed by atoms with Crippen LogP contribution in [0, 0.1) is 6.92 Å². The van der Waals surface area contributed by atoms with Crippen molar-refractivity contribution in [3.63, 3.8) is 0 Å². The Bertz CT molecular complexity index is 1190. The first-order chi connectivity index (χ1) is 15.6. The minimum absolute atomic E-state index is 0.0609. The highest BCUT2D eigenvalue weighted by Gasteiger charge is 2.35. The summed E-state index contributed by atoms with van der Waals surface area (Å²) in [5.41, 5.74) is 3.17. The van der Waals surface area contributed by atoms with Gasteiger partial charge in [0.2, 0.25) is 0 Å². The molecule has 2 atom stereocenters. The molecule has 7 nitrogen and oxygen atoms in total. The maximum Gasteiger partial charge on any atom is 0.258 e. The summed E-state index contributed by atoms with van der Waals surface area (Å²) in [4.78, 5) is 37.1. The van der Waals surface area contributed by atoms with Gasteiger partial charge in [0.05, 0.1) is 24.1 Å². The van der Waals surface area contributed by atoms with Crippen LogP contribution in [0.5, 0.6) is 0 Å². The molecule has 3 aromatic rings. The second kappa shape index (κ2) is 8.84. The summed E-state index contributed by atoms with van der Waals surface area (Å²) in [5, 5.41) is 0.587. The highest BCUT2D eigenvalue weighted by molar-refractivity contribution is 5.81. The number of carbonyl (C=O) groups excluding carboxylic acids is 1. The Balaban J connectivity index is 1.24. The average molecular weight is 433 g/mol. The third-order valence-corrected chi connectivity index (χ3v) is 6.59. The molecule has 3 heterocycles. The zero-order valence-corrected chi connectivity index (χ0v) is 18.3. The number of amides is 1. The smallest absolute Gasteiger partial charge is 0.258 e. The third-order valence-electron chi connectivity index (χ3n) is 6.59. The Morgan fingerprint density at radius 1 is 1.12 bits per heavy atom. The Morgan fingerprint density at radius 3 is 2.81 bits per heavy atom. The number of carbonyl (C=O) groups is 1. The third kappa shape index (κ3) is 4.18. The van der Waals surface area contributed by atoms with Crippen LogP contribution in [0.15, 0.2) is 53.3 Å². The van der Waals surface area contributed by atoms with Crippen molar-refractivity contribution in [3.05, 3.63) is 75.8 Å². The molecular formula is C25H28N4O3. The molecule has 2 saturated heterocycles. The van der Waals surface area contributed by atoms with Crippen molar-refractivity contribution in [1.29, 1.82) is 0 Å².